The summed E-state index contributed by atoms with van der Waals surface area (Å²) in [5, 5.41) is 8.01. The zero-order chi connectivity index (χ0) is 26.7. The first kappa shape index (κ1) is 26.9. The fourth-order valence-corrected chi connectivity index (χ4v) is 6.29. The van der Waals surface area contributed by atoms with Crippen molar-refractivity contribution in [3.8, 4) is 5.75 Å². The van der Waals surface area contributed by atoms with Gasteiger partial charge in [0.05, 0.1) is 34.9 Å². The van der Waals surface area contributed by atoms with E-state index in [-0.39, 0.29) is 21.9 Å². The van der Waals surface area contributed by atoms with E-state index in [0.29, 0.717) is 34.1 Å². The second-order valence-electron chi connectivity index (χ2n) is 8.83. The zero-order valence-electron chi connectivity index (χ0n) is 20.6. The molecule has 196 valence electrons. The largest absolute Gasteiger partial charge is 0.496 e. The molecule has 12 heteroatoms. The minimum absolute atomic E-state index is 0.0415. The Morgan fingerprint density at radius 1 is 1.16 bits per heavy atom. The van der Waals surface area contributed by atoms with Crippen molar-refractivity contribution in [1.82, 2.24) is 15.1 Å². The third-order valence-electron chi connectivity index (χ3n) is 5.82. The number of nitrogens with two attached hydrogens (primary N) is 1. The molecule has 0 bridgehead atoms. The molecule has 2 aromatic heterocycles. The lowest BCUT2D eigenvalue weighted by atomic mass is 10.0. The second-order valence-corrected chi connectivity index (χ2v) is 12.5. The monoisotopic (exact) mass is 561 g/mol. The van der Waals surface area contributed by atoms with Gasteiger partial charge >= 0.3 is 0 Å². The molecule has 0 unspecified atom stereocenters. The van der Waals surface area contributed by atoms with Gasteiger partial charge in [-0.1, -0.05) is 55.8 Å². The van der Waals surface area contributed by atoms with Gasteiger partial charge in [0.1, 0.15) is 9.96 Å². The topological polar surface area (TPSA) is 128 Å². The van der Waals surface area contributed by atoms with Crippen LogP contribution in [-0.2, 0) is 27.9 Å². The SMILES string of the molecule is COc1cccc2c1c(NS(=O)(=O)c1ccc(Cl)s1)nn2Cc1cccc(CNC(=O)[C@H](N)C(C)C)c1. The molecule has 0 aliphatic heterocycles. The highest BCUT2D eigenvalue weighted by molar-refractivity contribution is 7.94. The van der Waals surface area contributed by atoms with E-state index in [2.05, 4.69) is 15.1 Å². The van der Waals surface area contributed by atoms with Gasteiger partial charge in [0, 0.05) is 6.54 Å². The lowest BCUT2D eigenvalue weighted by Gasteiger charge is -2.15. The summed E-state index contributed by atoms with van der Waals surface area (Å²) in [4.78, 5) is 12.2. The standard InChI is InChI=1S/C25H28ClN5O4S2/c1-15(2)23(27)25(32)28-13-16-6-4-7-17(12-16)14-31-18-8-5-9-19(35-3)22(18)24(29-31)30-37(33,34)21-11-10-20(26)36-21/h4-12,15,23H,13-14,27H2,1-3H3,(H,28,32)(H,29,30)/t23-/m1/s1. The number of nitrogens with zero attached hydrogens (tertiary/aromatic N) is 2. The number of hydrogen-bond acceptors (Lipinski definition) is 7. The Balaban J connectivity index is 1.62. The zero-order valence-corrected chi connectivity index (χ0v) is 23.0. The van der Waals surface area contributed by atoms with Crippen molar-refractivity contribution >= 4 is 55.6 Å². The van der Waals surface area contributed by atoms with Crippen LogP contribution in [0.15, 0.2) is 58.8 Å². The van der Waals surface area contributed by atoms with E-state index in [4.69, 9.17) is 22.1 Å². The summed E-state index contributed by atoms with van der Waals surface area (Å²) in [6, 6.07) is 15.6. The minimum atomic E-state index is -3.90. The summed E-state index contributed by atoms with van der Waals surface area (Å²) in [5.41, 5.74) is 8.46. The lowest BCUT2D eigenvalue weighted by molar-refractivity contribution is -0.123. The van der Waals surface area contributed by atoms with Gasteiger partial charge in [-0.15, -0.1) is 11.3 Å². The molecule has 0 saturated carbocycles. The number of ether oxygens (including phenoxy) is 1. The van der Waals surface area contributed by atoms with Gasteiger partial charge < -0.3 is 15.8 Å². The first-order chi connectivity index (χ1) is 17.6. The Morgan fingerprint density at radius 3 is 2.57 bits per heavy atom. The number of methoxy groups -OCH3 is 1. The summed E-state index contributed by atoms with van der Waals surface area (Å²) in [6.45, 7) is 4.51. The summed E-state index contributed by atoms with van der Waals surface area (Å²) in [6.07, 6.45) is 0. The number of fused-ring (bicyclic) bond motifs is 1. The number of thiophene rings is 1. The van der Waals surface area contributed by atoms with Gasteiger partial charge in [-0.25, -0.2) is 8.42 Å². The maximum atomic E-state index is 13.0. The molecule has 0 spiro atoms. The van der Waals surface area contributed by atoms with Crippen LogP contribution in [0.5, 0.6) is 5.75 Å². The summed E-state index contributed by atoms with van der Waals surface area (Å²) in [5.74, 6) is 0.487. The number of rotatable bonds is 10. The molecule has 4 N–H and O–H groups in total. The summed E-state index contributed by atoms with van der Waals surface area (Å²) >= 11 is 6.91. The Kier molecular flexibility index (Phi) is 8.08. The molecule has 0 saturated heterocycles. The molecule has 0 aliphatic carbocycles. The Labute approximate surface area is 224 Å². The average molecular weight is 562 g/mol. The van der Waals surface area contributed by atoms with Crippen molar-refractivity contribution in [1.29, 1.82) is 0 Å². The normalized spacial score (nSPS) is 12.6. The fraction of sp³-hybridized carbons (Fsp3) is 0.280. The maximum Gasteiger partial charge on any atom is 0.272 e. The molecule has 9 nitrogen and oxygen atoms in total. The number of carbonyl (C=O) groups is 1. The van der Waals surface area contributed by atoms with Crippen LogP contribution in [0.4, 0.5) is 5.82 Å². The van der Waals surface area contributed by atoms with Gasteiger partial charge in [0.2, 0.25) is 5.91 Å². The molecular formula is C25H28ClN5O4S2. The van der Waals surface area contributed by atoms with Crippen molar-refractivity contribution in [2.24, 2.45) is 11.7 Å². The third kappa shape index (κ3) is 6.07. The molecule has 0 fully saturated rings. The molecule has 1 atom stereocenters. The highest BCUT2D eigenvalue weighted by Gasteiger charge is 2.23. The van der Waals surface area contributed by atoms with E-state index >= 15 is 0 Å². The predicted octanol–water partition coefficient (Wildman–Crippen LogP) is 4.21. The number of carbonyl (C=O) groups excluding carboxylic acids is 1. The van der Waals surface area contributed by atoms with Gasteiger partial charge in [-0.2, -0.15) is 5.10 Å². The first-order valence-corrected chi connectivity index (χ1v) is 14.2. The van der Waals surface area contributed by atoms with E-state index in [9.17, 15) is 13.2 Å². The molecule has 0 radical (unpaired) electrons. The van der Waals surface area contributed by atoms with E-state index in [0.717, 1.165) is 22.5 Å². The minimum Gasteiger partial charge on any atom is -0.496 e. The van der Waals surface area contributed by atoms with Crippen LogP contribution in [-0.4, -0.2) is 37.3 Å². The molecule has 0 aliphatic rings. The molecule has 2 aromatic carbocycles. The second kappa shape index (κ2) is 11.1. The average Bonchev–Trinajstić information content (AvgIpc) is 3.46. The van der Waals surface area contributed by atoms with Gasteiger partial charge in [0.25, 0.3) is 10.0 Å². The van der Waals surface area contributed by atoms with Crippen LogP contribution in [0.25, 0.3) is 10.9 Å². The van der Waals surface area contributed by atoms with Gasteiger partial charge in [-0.3, -0.25) is 14.2 Å². The summed E-state index contributed by atoms with van der Waals surface area (Å²) in [7, 11) is -2.38. The van der Waals surface area contributed by atoms with Crippen LogP contribution in [0.3, 0.4) is 0 Å². The van der Waals surface area contributed by atoms with Crippen LogP contribution >= 0.6 is 22.9 Å². The smallest absolute Gasteiger partial charge is 0.272 e. The molecule has 37 heavy (non-hydrogen) atoms. The van der Waals surface area contributed by atoms with Gasteiger partial charge in [0.15, 0.2) is 5.82 Å². The lowest BCUT2D eigenvalue weighted by Crippen LogP contribution is -2.43. The number of nitrogens with one attached hydrogen (secondary N) is 2. The Bertz CT molecular complexity index is 1530. The number of anilines is 1. The van der Waals surface area contributed by atoms with Crippen LogP contribution in [0, 0.1) is 5.92 Å². The van der Waals surface area contributed by atoms with Crippen LogP contribution in [0.1, 0.15) is 25.0 Å². The predicted molar refractivity (Wildman–Crippen MR) is 147 cm³/mol. The van der Waals surface area contributed by atoms with E-state index in [1.165, 1.54) is 19.2 Å². The van der Waals surface area contributed by atoms with E-state index in [1.54, 1.807) is 10.7 Å². The number of halogens is 1. The number of sulfonamides is 1. The highest BCUT2D eigenvalue weighted by atomic mass is 35.5. The van der Waals surface area contributed by atoms with Crippen molar-refractivity contribution in [2.45, 2.75) is 37.2 Å². The Hall–Kier alpha value is -3.12. The third-order valence-corrected chi connectivity index (χ3v) is 8.88. The molecule has 4 rings (SSSR count). The molecule has 4 aromatic rings. The fourth-order valence-electron chi connectivity index (χ4n) is 3.80. The molecular weight excluding hydrogens is 534 g/mol. The summed E-state index contributed by atoms with van der Waals surface area (Å²) < 4.78 is 36.3. The van der Waals surface area contributed by atoms with E-state index in [1.807, 2.05) is 50.2 Å². The highest BCUT2D eigenvalue weighted by Crippen LogP contribution is 2.35. The maximum absolute atomic E-state index is 13.0. The van der Waals surface area contributed by atoms with Crippen LogP contribution in [0.2, 0.25) is 4.34 Å². The quantitative estimate of drug-likeness (QED) is 0.266. The van der Waals surface area contributed by atoms with E-state index < -0.39 is 16.1 Å². The number of amides is 1. The molecule has 1 amide bonds. The number of hydrogen-bond donors (Lipinski definition) is 3. The first-order valence-electron chi connectivity index (χ1n) is 11.5. The van der Waals surface area contributed by atoms with Crippen molar-refractivity contribution in [2.75, 3.05) is 11.8 Å². The number of benzene rings is 2. The van der Waals surface area contributed by atoms with Crippen molar-refractivity contribution in [3.63, 3.8) is 0 Å². The van der Waals surface area contributed by atoms with Crippen LogP contribution < -0.4 is 20.5 Å². The van der Waals surface area contributed by atoms with Crippen molar-refractivity contribution in [3.05, 3.63) is 70.1 Å². The van der Waals surface area contributed by atoms with Gasteiger partial charge in [-0.05, 0) is 41.3 Å². The molecule has 2 heterocycles. The number of aromatic nitrogens is 2. The van der Waals surface area contributed by atoms with Crippen molar-refractivity contribution < 1.29 is 17.9 Å². The Morgan fingerprint density at radius 2 is 1.89 bits per heavy atom.